The molecule has 10 heteroatoms. The van der Waals surface area contributed by atoms with E-state index in [0.29, 0.717) is 0 Å². The first-order valence-electron chi connectivity index (χ1n) is 6.10. The minimum atomic E-state index is -4.82. The Kier molecular flexibility index (Phi) is 4.07. The SMILES string of the molecule is CS(=O)(=O)C1CN(C(=O)Nc2ccc(F)cc2C(F)(F)F)C1. The van der Waals surface area contributed by atoms with E-state index in [9.17, 15) is 30.8 Å². The largest absolute Gasteiger partial charge is 0.418 e. The molecule has 122 valence electrons. The van der Waals surface area contributed by atoms with Gasteiger partial charge in [-0.15, -0.1) is 0 Å². The van der Waals surface area contributed by atoms with Crippen molar-refractivity contribution in [3.8, 4) is 0 Å². The zero-order valence-corrected chi connectivity index (χ0v) is 12.1. The fourth-order valence-electron chi connectivity index (χ4n) is 1.93. The minimum Gasteiger partial charge on any atom is -0.322 e. The van der Waals surface area contributed by atoms with E-state index >= 15 is 0 Å². The van der Waals surface area contributed by atoms with Gasteiger partial charge in [-0.3, -0.25) is 0 Å². The quantitative estimate of drug-likeness (QED) is 0.839. The van der Waals surface area contributed by atoms with E-state index in [0.717, 1.165) is 23.3 Å². The standard InChI is InChI=1S/C12H12F4N2O3S/c1-22(20,21)8-5-18(6-8)11(19)17-10-3-2-7(13)4-9(10)12(14,15)16/h2-4,8H,5-6H2,1H3,(H,17,19). The Labute approximate surface area is 123 Å². The molecule has 0 bridgehead atoms. The molecule has 0 aliphatic carbocycles. The number of hydrogen-bond donors (Lipinski definition) is 1. The molecule has 0 unspecified atom stereocenters. The lowest BCUT2D eigenvalue weighted by Gasteiger charge is -2.37. The highest BCUT2D eigenvalue weighted by Gasteiger charge is 2.39. The fourth-order valence-corrected chi connectivity index (χ4v) is 2.83. The van der Waals surface area contributed by atoms with Gasteiger partial charge >= 0.3 is 12.2 Å². The van der Waals surface area contributed by atoms with Crippen molar-refractivity contribution in [2.24, 2.45) is 0 Å². The second-order valence-electron chi connectivity index (χ2n) is 4.97. The summed E-state index contributed by atoms with van der Waals surface area (Å²) in [7, 11) is -3.29. The topological polar surface area (TPSA) is 66.5 Å². The Hall–Kier alpha value is -1.84. The van der Waals surface area contributed by atoms with Gasteiger partial charge in [-0.05, 0) is 18.2 Å². The third kappa shape index (κ3) is 3.49. The Morgan fingerprint density at radius 1 is 1.32 bits per heavy atom. The van der Waals surface area contributed by atoms with Crippen LogP contribution in [0.25, 0.3) is 0 Å². The van der Waals surface area contributed by atoms with Crippen LogP contribution in [-0.4, -0.2) is 43.9 Å². The van der Waals surface area contributed by atoms with Gasteiger partial charge in [-0.1, -0.05) is 0 Å². The van der Waals surface area contributed by atoms with E-state index in [1.165, 1.54) is 0 Å². The summed E-state index contributed by atoms with van der Waals surface area (Å²) in [5.74, 6) is -1.08. The third-order valence-electron chi connectivity index (χ3n) is 3.27. The van der Waals surface area contributed by atoms with Crippen molar-refractivity contribution >= 4 is 21.6 Å². The molecule has 1 aliphatic rings. The van der Waals surface area contributed by atoms with Crippen LogP contribution in [-0.2, 0) is 16.0 Å². The van der Waals surface area contributed by atoms with Crippen molar-refractivity contribution in [1.82, 2.24) is 4.90 Å². The Morgan fingerprint density at radius 2 is 1.91 bits per heavy atom. The van der Waals surface area contributed by atoms with Gasteiger partial charge in [-0.2, -0.15) is 13.2 Å². The molecule has 0 saturated carbocycles. The molecule has 0 spiro atoms. The van der Waals surface area contributed by atoms with E-state index in [4.69, 9.17) is 0 Å². The van der Waals surface area contributed by atoms with Crippen LogP contribution in [0.15, 0.2) is 18.2 Å². The first-order valence-corrected chi connectivity index (χ1v) is 8.05. The molecular formula is C12H12F4N2O3S. The predicted octanol–water partition coefficient (Wildman–Crippen LogP) is 2.11. The first kappa shape index (κ1) is 16.5. The number of halogens is 4. The zero-order chi connectivity index (χ0) is 16.7. The van der Waals surface area contributed by atoms with E-state index in [1.54, 1.807) is 0 Å². The molecule has 2 rings (SSSR count). The van der Waals surface area contributed by atoms with Gasteiger partial charge < -0.3 is 10.2 Å². The number of rotatable bonds is 2. The number of benzene rings is 1. The average Bonchev–Trinajstić information content (AvgIpc) is 2.26. The molecule has 1 aliphatic heterocycles. The zero-order valence-electron chi connectivity index (χ0n) is 11.3. The Morgan fingerprint density at radius 3 is 2.41 bits per heavy atom. The number of hydrogen-bond acceptors (Lipinski definition) is 3. The van der Waals surface area contributed by atoms with Crippen LogP contribution < -0.4 is 5.32 Å². The van der Waals surface area contributed by atoms with Gasteiger partial charge in [0.05, 0.1) is 16.5 Å². The molecule has 1 heterocycles. The first-order chi connectivity index (χ1) is 9.98. The Bertz CT molecular complexity index is 697. The molecular weight excluding hydrogens is 328 g/mol. The summed E-state index contributed by atoms with van der Waals surface area (Å²) in [6.07, 6.45) is -3.80. The smallest absolute Gasteiger partial charge is 0.322 e. The molecule has 22 heavy (non-hydrogen) atoms. The number of alkyl halides is 3. The van der Waals surface area contributed by atoms with Crippen molar-refractivity contribution < 1.29 is 30.8 Å². The number of anilines is 1. The highest BCUT2D eigenvalue weighted by atomic mass is 32.2. The van der Waals surface area contributed by atoms with Crippen LogP contribution in [0.2, 0.25) is 0 Å². The molecule has 2 amide bonds. The molecule has 0 radical (unpaired) electrons. The van der Waals surface area contributed by atoms with Gasteiger partial charge in [0.2, 0.25) is 0 Å². The van der Waals surface area contributed by atoms with Crippen molar-refractivity contribution in [2.75, 3.05) is 24.7 Å². The van der Waals surface area contributed by atoms with E-state index in [2.05, 4.69) is 0 Å². The molecule has 1 aromatic rings. The van der Waals surface area contributed by atoms with Crippen LogP contribution >= 0.6 is 0 Å². The third-order valence-corrected chi connectivity index (χ3v) is 4.78. The molecule has 1 saturated heterocycles. The van der Waals surface area contributed by atoms with Crippen LogP contribution in [0, 0.1) is 5.82 Å². The lowest BCUT2D eigenvalue weighted by Crippen LogP contribution is -2.57. The minimum absolute atomic E-state index is 0.0901. The average molecular weight is 340 g/mol. The maximum atomic E-state index is 12.9. The Balaban J connectivity index is 2.11. The van der Waals surface area contributed by atoms with Gasteiger partial charge in [0.15, 0.2) is 9.84 Å². The highest BCUT2D eigenvalue weighted by molar-refractivity contribution is 7.91. The summed E-state index contributed by atoms with van der Waals surface area (Å²) in [6.45, 7) is -0.180. The van der Waals surface area contributed by atoms with Crippen LogP contribution in [0.3, 0.4) is 0 Å². The molecule has 1 fully saturated rings. The molecule has 1 aromatic carbocycles. The van der Waals surface area contributed by atoms with Crippen LogP contribution in [0.5, 0.6) is 0 Å². The number of carbonyl (C=O) groups excluding carboxylic acids is 1. The van der Waals surface area contributed by atoms with E-state index in [1.807, 2.05) is 5.32 Å². The number of urea groups is 1. The lowest BCUT2D eigenvalue weighted by molar-refractivity contribution is -0.137. The summed E-state index contributed by atoms with van der Waals surface area (Å²) in [4.78, 5) is 12.9. The summed E-state index contributed by atoms with van der Waals surface area (Å²) >= 11 is 0. The molecule has 1 N–H and O–H groups in total. The predicted molar refractivity (Wildman–Crippen MR) is 70.6 cm³/mol. The second-order valence-corrected chi connectivity index (χ2v) is 7.30. The van der Waals surface area contributed by atoms with Crippen molar-refractivity contribution in [2.45, 2.75) is 11.4 Å². The fraction of sp³-hybridized carbons (Fsp3) is 0.417. The number of carbonyl (C=O) groups is 1. The van der Waals surface area contributed by atoms with Crippen molar-refractivity contribution in [3.05, 3.63) is 29.6 Å². The lowest BCUT2D eigenvalue weighted by atomic mass is 10.1. The monoisotopic (exact) mass is 340 g/mol. The summed E-state index contributed by atoms with van der Waals surface area (Å²) in [6, 6.07) is 1.02. The van der Waals surface area contributed by atoms with Gasteiger partial charge in [0.1, 0.15) is 5.82 Å². The maximum absolute atomic E-state index is 12.9. The van der Waals surface area contributed by atoms with E-state index in [-0.39, 0.29) is 19.2 Å². The number of nitrogens with zero attached hydrogens (tertiary/aromatic N) is 1. The van der Waals surface area contributed by atoms with E-state index < -0.39 is 44.4 Å². The van der Waals surface area contributed by atoms with Crippen LogP contribution in [0.1, 0.15) is 5.56 Å². The molecule has 0 atom stereocenters. The summed E-state index contributed by atoms with van der Waals surface area (Å²) in [5, 5.41) is 1.31. The summed E-state index contributed by atoms with van der Waals surface area (Å²) in [5.41, 5.74) is -1.89. The van der Waals surface area contributed by atoms with Crippen molar-refractivity contribution in [1.29, 1.82) is 0 Å². The number of nitrogens with one attached hydrogen (secondary N) is 1. The molecule has 0 aromatic heterocycles. The van der Waals surface area contributed by atoms with Gasteiger partial charge in [-0.25, -0.2) is 17.6 Å². The van der Waals surface area contributed by atoms with Crippen LogP contribution in [0.4, 0.5) is 28.0 Å². The summed E-state index contributed by atoms with van der Waals surface area (Å²) < 4.78 is 73.7. The van der Waals surface area contributed by atoms with Gasteiger partial charge in [0, 0.05) is 19.3 Å². The second kappa shape index (κ2) is 5.41. The molecule has 5 nitrogen and oxygen atoms in total. The number of likely N-dealkylation sites (tertiary alicyclic amines) is 1. The number of sulfone groups is 1. The normalized spacial score (nSPS) is 16.3. The highest BCUT2D eigenvalue weighted by Crippen LogP contribution is 2.35. The maximum Gasteiger partial charge on any atom is 0.418 e. The number of amides is 2. The van der Waals surface area contributed by atoms with Gasteiger partial charge in [0.25, 0.3) is 0 Å². The van der Waals surface area contributed by atoms with Crippen molar-refractivity contribution in [3.63, 3.8) is 0 Å².